The minimum Gasteiger partial charge on any atom is -0.494 e. The maximum atomic E-state index is 13.5. The van der Waals surface area contributed by atoms with E-state index in [4.69, 9.17) is 4.74 Å². The number of anilines is 1. The van der Waals surface area contributed by atoms with Gasteiger partial charge in [-0.25, -0.2) is 13.8 Å². The maximum absolute atomic E-state index is 13.5. The van der Waals surface area contributed by atoms with Gasteiger partial charge in [0, 0.05) is 42.7 Å². The number of nitrogens with zero attached hydrogens (tertiary/aromatic N) is 3. The Morgan fingerprint density at radius 2 is 1.66 bits per heavy atom. The van der Waals surface area contributed by atoms with Crippen LogP contribution in [-0.4, -0.2) is 51.2 Å². The zero-order valence-electron chi connectivity index (χ0n) is 21.2. The lowest BCUT2D eigenvalue weighted by molar-refractivity contribution is -0.119. The second kappa shape index (κ2) is 13.0. The first kappa shape index (κ1) is 27.8. The molecule has 200 valence electrons. The molecule has 1 N–H and O–H groups in total. The average molecular weight is 600 g/mol. The lowest BCUT2D eigenvalue weighted by atomic mass is 10.1. The molecule has 0 atom stereocenters. The minimum atomic E-state index is -4.02. The van der Waals surface area contributed by atoms with E-state index < -0.39 is 22.5 Å². The van der Waals surface area contributed by atoms with Crippen molar-refractivity contribution in [3.05, 3.63) is 88.9 Å². The van der Waals surface area contributed by atoms with Crippen LogP contribution in [0, 0.1) is 0 Å². The summed E-state index contributed by atoms with van der Waals surface area (Å²) in [5, 5.41) is 4.32. The number of hydrazone groups is 1. The Morgan fingerprint density at radius 3 is 2.29 bits per heavy atom. The molecule has 10 heteroatoms. The summed E-state index contributed by atoms with van der Waals surface area (Å²) in [5.74, 6) is 0.102. The Kier molecular flexibility index (Phi) is 9.54. The third-order valence-corrected chi connectivity index (χ3v) is 8.46. The molecule has 3 aromatic carbocycles. The molecular formula is C28H31BrN4O4S. The highest BCUT2D eigenvalue weighted by atomic mass is 79.9. The van der Waals surface area contributed by atoms with Crippen molar-refractivity contribution in [1.82, 2.24) is 10.3 Å². The summed E-state index contributed by atoms with van der Waals surface area (Å²) in [7, 11) is -4.02. The smallest absolute Gasteiger partial charge is 0.264 e. The Balaban J connectivity index is 1.43. The van der Waals surface area contributed by atoms with Crippen LogP contribution < -0.4 is 14.5 Å². The molecule has 8 nitrogen and oxygen atoms in total. The molecule has 1 aliphatic rings. The number of piperidine rings is 1. The topological polar surface area (TPSA) is 91.3 Å². The lowest BCUT2D eigenvalue weighted by Gasteiger charge is -2.27. The van der Waals surface area contributed by atoms with Crippen molar-refractivity contribution < 1.29 is 17.9 Å². The van der Waals surface area contributed by atoms with E-state index in [9.17, 15) is 13.2 Å². The van der Waals surface area contributed by atoms with Gasteiger partial charge in [0.05, 0.1) is 17.2 Å². The highest BCUT2D eigenvalue weighted by molar-refractivity contribution is 9.10. The Morgan fingerprint density at radius 1 is 1.00 bits per heavy atom. The predicted molar refractivity (Wildman–Crippen MR) is 153 cm³/mol. The van der Waals surface area contributed by atoms with Gasteiger partial charge in [-0.3, -0.25) is 14.0 Å². The van der Waals surface area contributed by atoms with Crippen LogP contribution in [-0.2, 0) is 21.4 Å². The molecule has 1 fully saturated rings. The molecular weight excluding hydrogens is 568 g/mol. The van der Waals surface area contributed by atoms with E-state index in [1.165, 1.54) is 17.7 Å². The van der Waals surface area contributed by atoms with E-state index in [-0.39, 0.29) is 4.90 Å². The molecule has 0 aliphatic carbocycles. The number of amides is 1. The molecule has 3 aromatic rings. The van der Waals surface area contributed by atoms with Gasteiger partial charge in [-0.05, 0) is 61.0 Å². The molecule has 0 spiro atoms. The largest absolute Gasteiger partial charge is 0.494 e. The van der Waals surface area contributed by atoms with Crippen molar-refractivity contribution in [3.8, 4) is 5.75 Å². The van der Waals surface area contributed by atoms with Crippen molar-refractivity contribution in [3.63, 3.8) is 0 Å². The van der Waals surface area contributed by atoms with Crippen LogP contribution in [0.4, 0.5) is 5.69 Å². The summed E-state index contributed by atoms with van der Waals surface area (Å²) >= 11 is 3.33. The summed E-state index contributed by atoms with van der Waals surface area (Å²) in [6.45, 7) is 4.53. The number of halogens is 1. The Bertz CT molecular complexity index is 1340. The van der Waals surface area contributed by atoms with Crippen LogP contribution in [0.15, 0.2) is 93.3 Å². The number of rotatable bonds is 10. The Labute approximate surface area is 232 Å². The van der Waals surface area contributed by atoms with Gasteiger partial charge in [0.25, 0.3) is 15.9 Å². The predicted octanol–water partition coefficient (Wildman–Crippen LogP) is 4.81. The van der Waals surface area contributed by atoms with Gasteiger partial charge >= 0.3 is 0 Å². The van der Waals surface area contributed by atoms with Gasteiger partial charge in [0.1, 0.15) is 12.3 Å². The summed E-state index contributed by atoms with van der Waals surface area (Å²) in [4.78, 5) is 15.3. The van der Waals surface area contributed by atoms with Crippen molar-refractivity contribution >= 4 is 43.3 Å². The summed E-state index contributed by atoms with van der Waals surface area (Å²) in [6, 6.07) is 23.2. The first-order chi connectivity index (χ1) is 18.3. The number of carbonyl (C=O) groups is 1. The third kappa shape index (κ3) is 7.43. The van der Waals surface area contributed by atoms with Crippen LogP contribution in [0.3, 0.4) is 0 Å². The molecule has 1 aliphatic heterocycles. The van der Waals surface area contributed by atoms with Crippen molar-refractivity contribution in [2.75, 3.05) is 30.5 Å². The number of ether oxygens (including phenoxy) is 1. The minimum absolute atomic E-state index is 0.0829. The zero-order chi connectivity index (χ0) is 27.0. The van der Waals surface area contributed by atoms with Gasteiger partial charge in [-0.1, -0.05) is 46.3 Å². The average Bonchev–Trinajstić information content (AvgIpc) is 2.93. The molecule has 1 heterocycles. The number of sulfonamides is 1. The monoisotopic (exact) mass is 598 g/mol. The fourth-order valence-corrected chi connectivity index (χ4v) is 5.84. The quantitative estimate of drug-likeness (QED) is 0.338. The van der Waals surface area contributed by atoms with E-state index in [0.717, 1.165) is 47.0 Å². The summed E-state index contributed by atoms with van der Waals surface area (Å²) in [5.41, 5.74) is 5.09. The SMILES string of the molecule is CCOc1ccc(N(CC(=O)NN=C2CCN(Cc3ccccc3)CC2)S(=O)(=O)c2ccc(Br)cc2)cc1. The molecule has 0 saturated carbocycles. The van der Waals surface area contributed by atoms with E-state index >= 15 is 0 Å². The van der Waals surface area contributed by atoms with Gasteiger partial charge in [0.2, 0.25) is 0 Å². The van der Waals surface area contributed by atoms with Crippen molar-refractivity contribution in [1.29, 1.82) is 0 Å². The second-order valence-corrected chi connectivity index (χ2v) is 11.6. The summed E-state index contributed by atoms with van der Waals surface area (Å²) < 4.78 is 34.4. The third-order valence-electron chi connectivity index (χ3n) is 6.15. The highest BCUT2D eigenvalue weighted by Gasteiger charge is 2.27. The second-order valence-electron chi connectivity index (χ2n) is 8.87. The zero-order valence-corrected chi connectivity index (χ0v) is 23.6. The van der Waals surface area contributed by atoms with E-state index in [2.05, 4.69) is 43.5 Å². The first-order valence-corrected chi connectivity index (χ1v) is 14.7. The lowest BCUT2D eigenvalue weighted by Crippen LogP contribution is -2.40. The van der Waals surface area contributed by atoms with Crippen molar-refractivity contribution in [2.45, 2.75) is 31.2 Å². The fourth-order valence-electron chi connectivity index (χ4n) is 4.15. The molecule has 0 aromatic heterocycles. The van der Waals surface area contributed by atoms with Gasteiger partial charge in [-0.15, -0.1) is 0 Å². The number of hydrogen-bond donors (Lipinski definition) is 1. The van der Waals surface area contributed by atoms with Gasteiger partial charge in [-0.2, -0.15) is 5.10 Å². The van der Waals surface area contributed by atoms with Crippen LogP contribution in [0.1, 0.15) is 25.3 Å². The normalized spacial score (nSPS) is 14.1. The standard InChI is InChI=1S/C28H31BrN4O4S/c1-2-37-26-12-10-25(11-13-26)33(38(35,36)27-14-8-23(29)9-15-27)21-28(34)31-30-24-16-18-32(19-17-24)20-22-6-4-3-5-7-22/h3-15H,2,16-21H2,1H3,(H,31,34). The van der Waals surface area contributed by atoms with Crippen molar-refractivity contribution in [2.24, 2.45) is 5.10 Å². The maximum Gasteiger partial charge on any atom is 0.264 e. The molecule has 4 rings (SSSR count). The Hall–Kier alpha value is -3.21. The van der Waals surface area contributed by atoms with E-state index in [1.807, 2.05) is 25.1 Å². The van der Waals surface area contributed by atoms with Gasteiger partial charge in [0.15, 0.2) is 0 Å². The molecule has 1 saturated heterocycles. The first-order valence-electron chi connectivity index (χ1n) is 12.5. The number of nitrogens with one attached hydrogen (secondary N) is 1. The highest BCUT2D eigenvalue weighted by Crippen LogP contribution is 2.26. The molecule has 0 radical (unpaired) electrons. The van der Waals surface area contributed by atoms with Gasteiger partial charge < -0.3 is 4.74 Å². The number of benzene rings is 3. The number of likely N-dealkylation sites (tertiary alicyclic amines) is 1. The fraction of sp³-hybridized carbons (Fsp3) is 0.286. The van der Waals surface area contributed by atoms with Crippen LogP contribution in [0.2, 0.25) is 0 Å². The van der Waals surface area contributed by atoms with E-state index in [0.29, 0.717) is 18.0 Å². The summed E-state index contributed by atoms with van der Waals surface area (Å²) in [6.07, 6.45) is 1.49. The van der Waals surface area contributed by atoms with Crippen LogP contribution >= 0.6 is 15.9 Å². The van der Waals surface area contributed by atoms with Crippen LogP contribution in [0.5, 0.6) is 5.75 Å². The van der Waals surface area contributed by atoms with E-state index in [1.54, 1.807) is 36.4 Å². The molecule has 1 amide bonds. The molecule has 0 bridgehead atoms. The van der Waals surface area contributed by atoms with Crippen LogP contribution in [0.25, 0.3) is 0 Å². The number of carbonyl (C=O) groups excluding carboxylic acids is 1. The molecule has 0 unspecified atom stereocenters. The number of hydrogen-bond acceptors (Lipinski definition) is 6. The molecule has 38 heavy (non-hydrogen) atoms.